The minimum atomic E-state index is -0.795. The first-order chi connectivity index (χ1) is 12.4. The van der Waals surface area contributed by atoms with E-state index in [0.29, 0.717) is 11.3 Å². The molecule has 2 amide bonds. The van der Waals surface area contributed by atoms with E-state index in [2.05, 4.69) is 42.7 Å². The summed E-state index contributed by atoms with van der Waals surface area (Å²) >= 11 is 6.69. The highest BCUT2D eigenvalue weighted by molar-refractivity contribution is 9.10. The van der Waals surface area contributed by atoms with Crippen LogP contribution in [0.2, 0.25) is 0 Å². The summed E-state index contributed by atoms with van der Waals surface area (Å²) < 4.78 is 12.7. The fourth-order valence-corrected chi connectivity index (χ4v) is 2.96. The van der Waals surface area contributed by atoms with Crippen molar-refractivity contribution in [1.82, 2.24) is 10.9 Å². The van der Waals surface area contributed by atoms with Gasteiger partial charge in [-0.3, -0.25) is 20.4 Å². The highest BCUT2D eigenvalue weighted by atomic mass is 79.9. The van der Waals surface area contributed by atoms with Crippen molar-refractivity contribution in [3.05, 3.63) is 63.2 Å². The van der Waals surface area contributed by atoms with Crippen molar-refractivity contribution in [2.24, 2.45) is 0 Å². The van der Waals surface area contributed by atoms with E-state index in [9.17, 15) is 9.59 Å². The van der Waals surface area contributed by atoms with E-state index in [1.807, 2.05) is 18.2 Å². The number of hydrazine groups is 1. The fraction of sp³-hybridized carbons (Fsp3) is 0.111. The van der Waals surface area contributed by atoms with Gasteiger partial charge in [0.2, 0.25) is 0 Å². The van der Waals surface area contributed by atoms with E-state index in [1.165, 1.54) is 0 Å². The highest BCUT2D eigenvalue weighted by Crippen LogP contribution is 2.23. The van der Waals surface area contributed by atoms with Gasteiger partial charge in [0.15, 0.2) is 11.9 Å². The maximum absolute atomic E-state index is 12.2. The van der Waals surface area contributed by atoms with E-state index in [-0.39, 0.29) is 5.76 Å². The largest absolute Gasteiger partial charge is 0.481 e. The summed E-state index contributed by atoms with van der Waals surface area (Å²) in [5, 5.41) is 0.780. The molecule has 26 heavy (non-hydrogen) atoms. The topological polar surface area (TPSA) is 80.6 Å². The van der Waals surface area contributed by atoms with Gasteiger partial charge in [-0.1, -0.05) is 37.9 Å². The van der Waals surface area contributed by atoms with Crippen LogP contribution in [0.4, 0.5) is 0 Å². The molecule has 134 valence electrons. The molecule has 0 bridgehead atoms. The normalized spacial score (nSPS) is 11.8. The molecule has 1 aromatic heterocycles. The van der Waals surface area contributed by atoms with Gasteiger partial charge in [-0.2, -0.15) is 0 Å². The first-order valence-corrected chi connectivity index (χ1v) is 9.22. The second kappa shape index (κ2) is 7.92. The Morgan fingerprint density at radius 3 is 2.58 bits per heavy atom. The number of fused-ring (bicyclic) bond motifs is 1. The monoisotopic (exact) mass is 480 g/mol. The molecule has 0 aliphatic rings. The molecule has 0 fully saturated rings. The van der Waals surface area contributed by atoms with Gasteiger partial charge in [-0.25, -0.2) is 0 Å². The van der Waals surface area contributed by atoms with Crippen LogP contribution in [0.3, 0.4) is 0 Å². The molecule has 1 unspecified atom stereocenters. The lowest BCUT2D eigenvalue weighted by atomic mass is 10.2. The maximum atomic E-state index is 12.2. The highest BCUT2D eigenvalue weighted by Gasteiger charge is 2.18. The predicted octanol–water partition coefficient (Wildman–Crippen LogP) is 4.19. The lowest BCUT2D eigenvalue weighted by Gasteiger charge is -2.15. The van der Waals surface area contributed by atoms with Gasteiger partial charge in [0.25, 0.3) is 5.91 Å². The van der Waals surface area contributed by atoms with Crippen molar-refractivity contribution in [3.8, 4) is 5.75 Å². The minimum Gasteiger partial charge on any atom is -0.481 e. The average molecular weight is 482 g/mol. The third-order valence-electron chi connectivity index (χ3n) is 3.48. The molecule has 2 aromatic carbocycles. The van der Waals surface area contributed by atoms with E-state index < -0.39 is 17.9 Å². The van der Waals surface area contributed by atoms with Crippen LogP contribution in [0, 0.1) is 0 Å². The molecule has 1 heterocycles. The minimum absolute atomic E-state index is 0.0963. The zero-order chi connectivity index (χ0) is 18.7. The first kappa shape index (κ1) is 18.5. The number of furan rings is 1. The molecule has 8 heteroatoms. The summed E-state index contributed by atoms with van der Waals surface area (Å²) in [5.41, 5.74) is 5.23. The molecule has 3 aromatic rings. The van der Waals surface area contributed by atoms with Gasteiger partial charge in [0.05, 0.1) is 0 Å². The van der Waals surface area contributed by atoms with Gasteiger partial charge >= 0.3 is 5.91 Å². The van der Waals surface area contributed by atoms with Crippen molar-refractivity contribution in [2.45, 2.75) is 13.0 Å². The van der Waals surface area contributed by atoms with Crippen LogP contribution < -0.4 is 15.6 Å². The summed E-state index contributed by atoms with van der Waals surface area (Å²) in [6.45, 7) is 1.58. The lowest BCUT2D eigenvalue weighted by molar-refractivity contribution is -0.128. The quantitative estimate of drug-likeness (QED) is 0.547. The summed E-state index contributed by atoms with van der Waals surface area (Å²) in [6, 6.07) is 14.1. The van der Waals surface area contributed by atoms with Crippen LogP contribution in [0.5, 0.6) is 5.75 Å². The standard InChI is InChI=1S/C18H14Br2N2O4/c1-10(25-14-4-2-3-12(19)9-14)17(23)21-22-18(24)16-8-11-7-13(20)5-6-15(11)26-16/h2-10H,1H3,(H,21,23)(H,22,24). The Balaban J connectivity index is 1.58. The predicted molar refractivity (Wildman–Crippen MR) is 104 cm³/mol. The SMILES string of the molecule is CC(Oc1cccc(Br)c1)C(=O)NNC(=O)c1cc2cc(Br)ccc2o1. The first-order valence-electron chi connectivity index (χ1n) is 7.64. The number of carbonyl (C=O) groups is 2. The number of carbonyl (C=O) groups excluding carboxylic acids is 2. The zero-order valence-electron chi connectivity index (χ0n) is 13.6. The number of ether oxygens (including phenoxy) is 1. The van der Waals surface area contributed by atoms with Gasteiger partial charge in [0, 0.05) is 14.3 Å². The molecule has 0 aliphatic heterocycles. The molecular formula is C18H14Br2N2O4. The number of rotatable bonds is 4. The van der Waals surface area contributed by atoms with Crippen molar-refractivity contribution in [1.29, 1.82) is 0 Å². The molecule has 0 radical (unpaired) electrons. The molecule has 2 N–H and O–H groups in total. The fourth-order valence-electron chi connectivity index (χ4n) is 2.21. The number of benzene rings is 2. The van der Waals surface area contributed by atoms with E-state index in [4.69, 9.17) is 9.15 Å². The molecule has 0 saturated carbocycles. The third-order valence-corrected chi connectivity index (χ3v) is 4.47. The summed E-state index contributed by atoms with van der Waals surface area (Å²) in [6.07, 6.45) is -0.795. The number of halogens is 2. The Morgan fingerprint density at radius 2 is 1.81 bits per heavy atom. The molecule has 0 aliphatic carbocycles. The second-order valence-corrected chi connectivity index (χ2v) is 7.28. The van der Waals surface area contributed by atoms with Crippen LogP contribution in [0.25, 0.3) is 11.0 Å². The van der Waals surface area contributed by atoms with Crippen LogP contribution >= 0.6 is 31.9 Å². The zero-order valence-corrected chi connectivity index (χ0v) is 16.8. The van der Waals surface area contributed by atoms with Crippen LogP contribution in [0.15, 0.2) is 61.9 Å². The second-order valence-electron chi connectivity index (χ2n) is 5.45. The molecule has 1 atom stereocenters. The number of nitrogens with one attached hydrogen (secondary N) is 2. The lowest BCUT2D eigenvalue weighted by Crippen LogP contribution is -2.47. The van der Waals surface area contributed by atoms with E-state index >= 15 is 0 Å². The maximum Gasteiger partial charge on any atom is 0.305 e. The van der Waals surface area contributed by atoms with Crippen molar-refractivity contribution in [2.75, 3.05) is 0 Å². The smallest absolute Gasteiger partial charge is 0.305 e. The number of hydrogen-bond donors (Lipinski definition) is 2. The van der Waals surface area contributed by atoms with E-state index in [0.717, 1.165) is 14.3 Å². The summed E-state index contributed by atoms with van der Waals surface area (Å²) in [5.74, 6) is -0.410. The summed E-state index contributed by atoms with van der Waals surface area (Å²) in [7, 11) is 0. The van der Waals surface area contributed by atoms with Gasteiger partial charge in [0.1, 0.15) is 11.3 Å². The van der Waals surface area contributed by atoms with Gasteiger partial charge in [-0.05, 0) is 49.4 Å². The van der Waals surface area contributed by atoms with Crippen LogP contribution in [-0.2, 0) is 4.79 Å². The Morgan fingerprint density at radius 1 is 1.04 bits per heavy atom. The van der Waals surface area contributed by atoms with E-state index in [1.54, 1.807) is 37.3 Å². The van der Waals surface area contributed by atoms with Crippen molar-refractivity contribution in [3.63, 3.8) is 0 Å². The van der Waals surface area contributed by atoms with Gasteiger partial charge < -0.3 is 9.15 Å². The van der Waals surface area contributed by atoms with Crippen molar-refractivity contribution >= 4 is 54.6 Å². The molecule has 6 nitrogen and oxygen atoms in total. The molecule has 3 rings (SSSR count). The van der Waals surface area contributed by atoms with Gasteiger partial charge in [-0.15, -0.1) is 0 Å². The Kier molecular flexibility index (Phi) is 5.63. The Labute approximate surface area is 166 Å². The van der Waals surface area contributed by atoms with Crippen LogP contribution in [-0.4, -0.2) is 17.9 Å². The molecular weight excluding hydrogens is 468 g/mol. The number of hydrogen-bond acceptors (Lipinski definition) is 4. The Hall–Kier alpha value is -2.32. The third kappa shape index (κ3) is 4.44. The molecule has 0 spiro atoms. The average Bonchev–Trinajstić information content (AvgIpc) is 3.02. The van der Waals surface area contributed by atoms with Crippen molar-refractivity contribution < 1.29 is 18.7 Å². The molecule has 0 saturated heterocycles. The summed E-state index contributed by atoms with van der Waals surface area (Å²) in [4.78, 5) is 24.2. The Bertz CT molecular complexity index is 971. The van der Waals surface area contributed by atoms with Crippen LogP contribution in [0.1, 0.15) is 17.5 Å². The number of amides is 2.